The smallest absolute Gasteiger partial charge is 0.408 e. The first-order valence-corrected chi connectivity index (χ1v) is 14.1. The maximum Gasteiger partial charge on any atom is 0.408 e. The molecular formula is C33H41N3O6. The Kier molecular flexibility index (Phi) is 11.4. The van der Waals surface area contributed by atoms with Crippen LogP contribution in [0.15, 0.2) is 78.9 Å². The van der Waals surface area contributed by atoms with Crippen LogP contribution in [0.1, 0.15) is 57.7 Å². The number of alkyl carbamates (subject to hydrolysis) is 1. The third kappa shape index (κ3) is 9.54. The summed E-state index contributed by atoms with van der Waals surface area (Å²) in [5, 5.41) is 15.9. The molecule has 2 unspecified atom stereocenters. The first-order chi connectivity index (χ1) is 20.0. The van der Waals surface area contributed by atoms with Crippen molar-refractivity contribution in [3.05, 3.63) is 90.0 Å². The number of amides is 3. The van der Waals surface area contributed by atoms with Gasteiger partial charge < -0.3 is 30.1 Å². The van der Waals surface area contributed by atoms with Crippen LogP contribution >= 0.6 is 0 Å². The van der Waals surface area contributed by atoms with E-state index in [0.29, 0.717) is 23.4 Å². The van der Waals surface area contributed by atoms with E-state index in [9.17, 15) is 19.5 Å². The monoisotopic (exact) mass is 575 g/mol. The van der Waals surface area contributed by atoms with Gasteiger partial charge in [-0.3, -0.25) is 9.59 Å². The van der Waals surface area contributed by atoms with Crippen LogP contribution < -0.4 is 15.4 Å². The van der Waals surface area contributed by atoms with Crippen LogP contribution in [0.5, 0.6) is 11.5 Å². The van der Waals surface area contributed by atoms with Crippen LogP contribution in [0.2, 0.25) is 0 Å². The van der Waals surface area contributed by atoms with Gasteiger partial charge in [-0.15, -0.1) is 0 Å². The lowest BCUT2D eigenvalue weighted by Crippen LogP contribution is -2.53. The van der Waals surface area contributed by atoms with Crippen molar-refractivity contribution in [1.29, 1.82) is 0 Å². The molecule has 0 radical (unpaired) electrons. The van der Waals surface area contributed by atoms with Gasteiger partial charge in [0.15, 0.2) is 0 Å². The number of carbonyl (C=O) groups is 3. The molecule has 42 heavy (non-hydrogen) atoms. The van der Waals surface area contributed by atoms with E-state index < -0.39 is 35.6 Å². The lowest BCUT2D eigenvalue weighted by atomic mass is 9.99. The van der Waals surface area contributed by atoms with Gasteiger partial charge in [0.1, 0.15) is 29.2 Å². The van der Waals surface area contributed by atoms with Crippen molar-refractivity contribution in [1.82, 2.24) is 10.2 Å². The summed E-state index contributed by atoms with van der Waals surface area (Å²) in [6.07, 6.45) is 0.832. The number of carbonyl (C=O) groups excluding carboxylic acids is 3. The molecule has 9 heteroatoms. The molecule has 9 nitrogen and oxygen atoms in total. The second-order valence-corrected chi connectivity index (χ2v) is 11.0. The number of phenols is 1. The molecule has 3 aromatic rings. The number of anilines is 1. The average molecular weight is 576 g/mol. The number of hydrogen-bond donors (Lipinski definition) is 3. The molecule has 0 aromatic heterocycles. The Balaban J connectivity index is 2.03. The summed E-state index contributed by atoms with van der Waals surface area (Å²) in [5.74, 6) is -0.318. The molecule has 3 aromatic carbocycles. The Morgan fingerprint density at radius 3 is 2.24 bits per heavy atom. The quantitative estimate of drug-likeness (QED) is 0.250. The fourth-order valence-electron chi connectivity index (χ4n) is 4.45. The summed E-state index contributed by atoms with van der Waals surface area (Å²) < 4.78 is 10.7. The highest BCUT2D eigenvalue weighted by atomic mass is 16.6. The number of nitrogens with one attached hydrogen (secondary N) is 2. The van der Waals surface area contributed by atoms with Crippen molar-refractivity contribution < 1.29 is 29.0 Å². The number of aromatic hydroxyl groups is 1. The molecule has 0 fully saturated rings. The Hall–Kier alpha value is -4.53. The largest absolute Gasteiger partial charge is 0.508 e. The second-order valence-electron chi connectivity index (χ2n) is 11.0. The maximum absolute atomic E-state index is 14.4. The lowest BCUT2D eigenvalue weighted by Gasteiger charge is -2.34. The molecule has 0 aliphatic carbocycles. The van der Waals surface area contributed by atoms with E-state index in [1.54, 1.807) is 64.3 Å². The molecule has 3 N–H and O–H groups in total. The predicted molar refractivity (Wildman–Crippen MR) is 162 cm³/mol. The zero-order valence-corrected chi connectivity index (χ0v) is 24.9. The van der Waals surface area contributed by atoms with E-state index in [1.165, 1.54) is 17.0 Å². The molecule has 0 aliphatic rings. The van der Waals surface area contributed by atoms with Gasteiger partial charge in [-0.2, -0.15) is 0 Å². The van der Waals surface area contributed by atoms with E-state index in [-0.39, 0.29) is 18.7 Å². The summed E-state index contributed by atoms with van der Waals surface area (Å²) in [7, 11) is 1.56. The summed E-state index contributed by atoms with van der Waals surface area (Å²) in [6.45, 7) is 7.47. The summed E-state index contributed by atoms with van der Waals surface area (Å²) in [4.78, 5) is 42.7. The van der Waals surface area contributed by atoms with Crippen LogP contribution in [0.3, 0.4) is 0 Å². The number of hydrogen-bond acceptors (Lipinski definition) is 6. The first-order valence-electron chi connectivity index (χ1n) is 14.1. The van der Waals surface area contributed by atoms with Gasteiger partial charge >= 0.3 is 6.09 Å². The van der Waals surface area contributed by atoms with E-state index in [0.717, 1.165) is 12.0 Å². The molecule has 0 heterocycles. The van der Waals surface area contributed by atoms with Crippen molar-refractivity contribution in [2.75, 3.05) is 19.0 Å². The van der Waals surface area contributed by atoms with E-state index >= 15 is 0 Å². The summed E-state index contributed by atoms with van der Waals surface area (Å²) >= 11 is 0. The summed E-state index contributed by atoms with van der Waals surface area (Å²) in [6, 6.07) is 20.4. The van der Waals surface area contributed by atoms with Gasteiger partial charge in [0.25, 0.3) is 5.91 Å². The molecule has 2 atom stereocenters. The number of rotatable bonds is 12. The Bertz CT molecular complexity index is 1320. The minimum absolute atomic E-state index is 0.0367. The predicted octanol–water partition coefficient (Wildman–Crippen LogP) is 5.85. The number of methoxy groups -OCH3 is 1. The number of phenolic OH excluding ortho intramolecular Hbond substituents is 1. The molecule has 0 spiro atoms. The highest BCUT2D eigenvalue weighted by Crippen LogP contribution is 2.28. The van der Waals surface area contributed by atoms with Crippen LogP contribution in [0, 0.1) is 0 Å². The topological polar surface area (TPSA) is 117 Å². The minimum atomic E-state index is -1.10. The van der Waals surface area contributed by atoms with Crippen LogP contribution in [-0.4, -0.2) is 53.2 Å². The van der Waals surface area contributed by atoms with Crippen molar-refractivity contribution >= 4 is 23.6 Å². The molecule has 3 amide bonds. The first kappa shape index (κ1) is 32.0. The third-order valence-corrected chi connectivity index (χ3v) is 6.41. The Morgan fingerprint density at radius 1 is 0.952 bits per heavy atom. The van der Waals surface area contributed by atoms with Crippen LogP contribution in [-0.2, 0) is 20.7 Å². The van der Waals surface area contributed by atoms with Crippen LogP contribution in [0.25, 0.3) is 0 Å². The van der Waals surface area contributed by atoms with Gasteiger partial charge in [-0.1, -0.05) is 55.8 Å². The number of unbranched alkanes of at least 4 members (excludes halogenated alkanes) is 1. The number of benzene rings is 3. The second kappa shape index (κ2) is 14.9. The normalized spacial score (nSPS) is 12.5. The van der Waals surface area contributed by atoms with Gasteiger partial charge in [-0.25, -0.2) is 4.79 Å². The zero-order chi connectivity index (χ0) is 30.7. The Labute approximate surface area is 247 Å². The zero-order valence-electron chi connectivity index (χ0n) is 24.9. The lowest BCUT2D eigenvalue weighted by molar-refractivity contribution is -0.140. The highest BCUT2D eigenvalue weighted by molar-refractivity contribution is 5.99. The van der Waals surface area contributed by atoms with Crippen LogP contribution in [0.4, 0.5) is 10.5 Å². The van der Waals surface area contributed by atoms with Crippen molar-refractivity contribution in [2.45, 2.75) is 64.6 Å². The fourth-order valence-corrected chi connectivity index (χ4v) is 4.45. The highest BCUT2D eigenvalue weighted by Gasteiger charge is 2.36. The number of nitrogens with zero attached hydrogens (tertiary/aromatic N) is 1. The Morgan fingerprint density at radius 2 is 1.64 bits per heavy atom. The molecule has 0 aliphatic heterocycles. The SMILES string of the molecule is CCCCN(C(=O)C(Cc1ccccc1)NC(=O)OC(C)(C)C)C(C(=O)Nc1ccc(OC)cc1)c1cccc(O)c1. The fraction of sp³-hybridized carbons (Fsp3) is 0.364. The van der Waals surface area contributed by atoms with E-state index in [4.69, 9.17) is 9.47 Å². The maximum atomic E-state index is 14.4. The molecule has 3 rings (SSSR count). The standard InChI is InChI=1S/C33H41N3O6/c1-6-7-20-36(31(39)28(21-23-12-9-8-10-13-23)35-32(40)42-33(2,3)4)29(24-14-11-15-26(37)22-24)30(38)34-25-16-18-27(41-5)19-17-25/h8-19,22,28-29,37H,6-7,20-21H2,1-5H3,(H,34,38)(H,35,40). The van der Waals surface area contributed by atoms with Gasteiger partial charge in [0.2, 0.25) is 5.91 Å². The van der Waals surface area contributed by atoms with Crippen molar-refractivity contribution in [3.63, 3.8) is 0 Å². The van der Waals surface area contributed by atoms with Crippen molar-refractivity contribution in [2.24, 2.45) is 0 Å². The molecule has 224 valence electrons. The average Bonchev–Trinajstić information content (AvgIpc) is 2.94. The molecular weight excluding hydrogens is 534 g/mol. The van der Waals surface area contributed by atoms with Crippen molar-refractivity contribution in [3.8, 4) is 11.5 Å². The van der Waals surface area contributed by atoms with Gasteiger partial charge in [0, 0.05) is 18.7 Å². The van der Waals surface area contributed by atoms with E-state index in [1.807, 2.05) is 37.3 Å². The van der Waals surface area contributed by atoms with Gasteiger partial charge in [-0.05, 0) is 74.7 Å². The molecule has 0 saturated carbocycles. The van der Waals surface area contributed by atoms with Gasteiger partial charge in [0.05, 0.1) is 7.11 Å². The van der Waals surface area contributed by atoms with E-state index in [2.05, 4.69) is 10.6 Å². The number of ether oxygens (including phenoxy) is 2. The molecule has 0 bridgehead atoms. The third-order valence-electron chi connectivity index (χ3n) is 6.41. The minimum Gasteiger partial charge on any atom is -0.508 e. The molecule has 0 saturated heterocycles. The summed E-state index contributed by atoms with van der Waals surface area (Å²) in [5.41, 5.74) is 1.01.